The first-order valence-corrected chi connectivity index (χ1v) is 7.15. The van der Waals surface area contributed by atoms with Gasteiger partial charge >= 0.3 is 5.97 Å². The number of nitrogens with zero attached hydrogens (tertiary/aromatic N) is 1. The van der Waals surface area contributed by atoms with Gasteiger partial charge < -0.3 is 10.1 Å². The number of hydrogen-bond donors (Lipinski definition) is 1. The van der Waals surface area contributed by atoms with E-state index in [1.165, 1.54) is 18.4 Å². The summed E-state index contributed by atoms with van der Waals surface area (Å²) in [5.74, 6) is -0.240. The van der Waals surface area contributed by atoms with Gasteiger partial charge in [0.2, 0.25) is 0 Å². The van der Waals surface area contributed by atoms with Crippen molar-refractivity contribution in [3.05, 3.63) is 15.6 Å². The fraction of sp³-hybridized carbons (Fsp3) is 0.615. The number of thiazole rings is 1. The molecule has 0 spiro atoms. The van der Waals surface area contributed by atoms with Crippen molar-refractivity contribution in [2.24, 2.45) is 0 Å². The predicted molar refractivity (Wildman–Crippen MR) is 74.4 cm³/mol. The third-order valence-corrected chi connectivity index (χ3v) is 3.75. The molecule has 0 fully saturated rings. The number of rotatable bonds is 7. The monoisotopic (exact) mass is 284 g/mol. The number of aromatic nitrogens is 1. The molecule has 19 heavy (non-hydrogen) atoms. The highest BCUT2D eigenvalue weighted by Gasteiger charge is 2.12. The van der Waals surface area contributed by atoms with Crippen LogP contribution in [0, 0.1) is 13.8 Å². The van der Waals surface area contributed by atoms with Crippen LogP contribution in [-0.4, -0.2) is 30.5 Å². The average Bonchev–Trinajstić information content (AvgIpc) is 2.72. The van der Waals surface area contributed by atoms with Crippen molar-refractivity contribution < 1.29 is 14.3 Å². The zero-order valence-electron chi connectivity index (χ0n) is 11.6. The van der Waals surface area contributed by atoms with Crippen LogP contribution in [-0.2, 0) is 9.53 Å². The van der Waals surface area contributed by atoms with Gasteiger partial charge in [0.05, 0.1) is 17.8 Å². The molecule has 106 valence electrons. The summed E-state index contributed by atoms with van der Waals surface area (Å²) in [5.41, 5.74) is 0.783. The van der Waals surface area contributed by atoms with Gasteiger partial charge in [-0.15, -0.1) is 11.3 Å². The van der Waals surface area contributed by atoms with E-state index < -0.39 is 0 Å². The minimum absolute atomic E-state index is 0.0592. The molecule has 0 saturated heterocycles. The van der Waals surface area contributed by atoms with Gasteiger partial charge in [-0.25, -0.2) is 4.98 Å². The third kappa shape index (κ3) is 5.38. The lowest BCUT2D eigenvalue weighted by Gasteiger charge is -2.04. The molecule has 1 aromatic rings. The van der Waals surface area contributed by atoms with Crippen molar-refractivity contribution in [2.45, 2.75) is 39.5 Å². The van der Waals surface area contributed by atoms with Crippen molar-refractivity contribution in [3.8, 4) is 0 Å². The van der Waals surface area contributed by atoms with Gasteiger partial charge in [0.15, 0.2) is 0 Å². The van der Waals surface area contributed by atoms with Crippen LogP contribution in [0.1, 0.15) is 46.1 Å². The second-order valence-corrected chi connectivity index (χ2v) is 5.49. The first-order chi connectivity index (χ1) is 9.04. The van der Waals surface area contributed by atoms with Crippen molar-refractivity contribution in [2.75, 3.05) is 13.7 Å². The Kier molecular flexibility index (Phi) is 6.49. The molecule has 0 aliphatic heterocycles. The molecular formula is C13H20N2O3S. The SMILES string of the molecule is COC(=O)CCCCCNC(=O)c1sc(C)nc1C. The van der Waals surface area contributed by atoms with Crippen molar-refractivity contribution in [3.63, 3.8) is 0 Å². The van der Waals surface area contributed by atoms with Crippen molar-refractivity contribution in [1.82, 2.24) is 10.3 Å². The molecule has 1 aromatic heterocycles. The Hall–Kier alpha value is -1.43. The molecule has 1 amide bonds. The van der Waals surface area contributed by atoms with E-state index in [-0.39, 0.29) is 11.9 Å². The molecule has 0 radical (unpaired) electrons. The molecule has 0 aliphatic rings. The van der Waals surface area contributed by atoms with Gasteiger partial charge in [-0.2, -0.15) is 0 Å². The van der Waals surface area contributed by atoms with Gasteiger partial charge in [0.25, 0.3) is 5.91 Å². The normalized spacial score (nSPS) is 10.3. The summed E-state index contributed by atoms with van der Waals surface area (Å²) < 4.78 is 4.55. The van der Waals surface area contributed by atoms with Gasteiger partial charge in [0, 0.05) is 13.0 Å². The summed E-state index contributed by atoms with van der Waals surface area (Å²) in [4.78, 5) is 27.6. The Morgan fingerprint density at radius 3 is 2.58 bits per heavy atom. The molecule has 0 aromatic carbocycles. The average molecular weight is 284 g/mol. The Morgan fingerprint density at radius 1 is 1.26 bits per heavy atom. The Bertz CT molecular complexity index is 443. The molecule has 0 unspecified atom stereocenters. The Morgan fingerprint density at radius 2 is 2.00 bits per heavy atom. The number of carbonyl (C=O) groups is 2. The van der Waals surface area contributed by atoms with Crippen LogP contribution in [0.3, 0.4) is 0 Å². The second-order valence-electron chi connectivity index (χ2n) is 4.29. The topological polar surface area (TPSA) is 68.3 Å². The molecule has 1 N–H and O–H groups in total. The zero-order valence-corrected chi connectivity index (χ0v) is 12.4. The highest BCUT2D eigenvalue weighted by molar-refractivity contribution is 7.13. The Labute approximate surface area is 117 Å². The van der Waals surface area contributed by atoms with E-state index >= 15 is 0 Å². The number of unbranched alkanes of at least 4 members (excludes halogenated alkanes) is 2. The lowest BCUT2D eigenvalue weighted by Crippen LogP contribution is -2.24. The zero-order chi connectivity index (χ0) is 14.3. The van der Waals surface area contributed by atoms with Crippen LogP contribution in [0.5, 0.6) is 0 Å². The number of methoxy groups -OCH3 is 1. The minimum Gasteiger partial charge on any atom is -0.469 e. The number of esters is 1. The van der Waals surface area contributed by atoms with Crippen LogP contribution in [0.25, 0.3) is 0 Å². The van der Waals surface area contributed by atoms with Crippen LogP contribution < -0.4 is 5.32 Å². The quantitative estimate of drug-likeness (QED) is 0.616. The second kappa shape index (κ2) is 7.89. The molecule has 6 heteroatoms. The predicted octanol–water partition coefficient (Wildman–Crippen LogP) is 2.22. The highest BCUT2D eigenvalue weighted by Crippen LogP contribution is 2.16. The number of ether oxygens (including phenoxy) is 1. The lowest BCUT2D eigenvalue weighted by molar-refractivity contribution is -0.140. The maximum atomic E-state index is 11.9. The van der Waals surface area contributed by atoms with Gasteiger partial charge in [-0.1, -0.05) is 6.42 Å². The van der Waals surface area contributed by atoms with E-state index in [0.717, 1.165) is 30.0 Å². The highest BCUT2D eigenvalue weighted by atomic mass is 32.1. The lowest BCUT2D eigenvalue weighted by atomic mass is 10.2. The van der Waals surface area contributed by atoms with Crippen LogP contribution >= 0.6 is 11.3 Å². The molecule has 0 bridgehead atoms. The maximum Gasteiger partial charge on any atom is 0.305 e. The van der Waals surface area contributed by atoms with E-state index in [4.69, 9.17) is 0 Å². The van der Waals surface area contributed by atoms with Crippen LogP contribution in [0.2, 0.25) is 0 Å². The number of amides is 1. The number of nitrogens with one attached hydrogen (secondary N) is 1. The molecule has 0 saturated carbocycles. The fourth-order valence-corrected chi connectivity index (χ4v) is 2.53. The third-order valence-electron chi connectivity index (χ3n) is 2.68. The van der Waals surface area contributed by atoms with Crippen molar-refractivity contribution >= 4 is 23.2 Å². The summed E-state index contributed by atoms with van der Waals surface area (Å²) in [6.07, 6.45) is 2.99. The first-order valence-electron chi connectivity index (χ1n) is 6.33. The molecule has 1 rings (SSSR count). The van der Waals surface area contributed by atoms with Gasteiger partial charge in [-0.05, 0) is 26.7 Å². The largest absolute Gasteiger partial charge is 0.469 e. The number of aryl methyl sites for hydroxylation is 2. The molecule has 0 aliphatic carbocycles. The molecule has 0 atom stereocenters. The van der Waals surface area contributed by atoms with Crippen molar-refractivity contribution in [1.29, 1.82) is 0 Å². The van der Waals surface area contributed by atoms with Crippen LogP contribution in [0.4, 0.5) is 0 Å². The smallest absolute Gasteiger partial charge is 0.305 e. The summed E-state index contributed by atoms with van der Waals surface area (Å²) >= 11 is 1.41. The minimum atomic E-state index is -0.181. The van der Waals surface area contributed by atoms with E-state index in [0.29, 0.717) is 17.8 Å². The molecule has 5 nitrogen and oxygen atoms in total. The summed E-state index contributed by atoms with van der Waals surface area (Å²) in [7, 11) is 1.39. The maximum absolute atomic E-state index is 11.9. The fourth-order valence-electron chi connectivity index (χ4n) is 1.70. The van der Waals surface area contributed by atoms with Gasteiger partial charge in [0.1, 0.15) is 4.88 Å². The summed E-state index contributed by atoms with van der Waals surface area (Å²) in [6, 6.07) is 0. The van der Waals surface area contributed by atoms with E-state index in [1.807, 2.05) is 13.8 Å². The standard InChI is InChI=1S/C13H20N2O3S/c1-9-12(19-10(2)15-9)13(17)14-8-6-4-5-7-11(16)18-3/h4-8H2,1-3H3,(H,14,17). The summed E-state index contributed by atoms with van der Waals surface area (Å²) in [5, 5.41) is 3.77. The first kappa shape index (κ1) is 15.6. The number of carbonyl (C=O) groups excluding carboxylic acids is 2. The number of hydrogen-bond acceptors (Lipinski definition) is 5. The van der Waals surface area contributed by atoms with E-state index in [2.05, 4.69) is 15.0 Å². The molecule has 1 heterocycles. The van der Waals surface area contributed by atoms with Crippen LogP contribution in [0.15, 0.2) is 0 Å². The summed E-state index contributed by atoms with van der Waals surface area (Å²) in [6.45, 7) is 4.35. The molecular weight excluding hydrogens is 264 g/mol. The Balaban J connectivity index is 2.18. The van der Waals surface area contributed by atoms with E-state index in [1.54, 1.807) is 0 Å². The van der Waals surface area contributed by atoms with E-state index in [9.17, 15) is 9.59 Å². The van der Waals surface area contributed by atoms with Gasteiger partial charge in [-0.3, -0.25) is 9.59 Å².